The van der Waals surface area contributed by atoms with Crippen LogP contribution in [0.15, 0.2) is 16.3 Å². The molecule has 1 amide bonds. The van der Waals surface area contributed by atoms with Gasteiger partial charge < -0.3 is 10.4 Å². The average molecular weight is 441 g/mol. The molecule has 2 N–H and O–H groups in total. The van der Waals surface area contributed by atoms with Gasteiger partial charge in [-0.3, -0.25) is 4.79 Å². The normalized spacial score (nSPS) is 33.4. The molecule has 8 heteroatoms. The van der Waals surface area contributed by atoms with Crippen LogP contribution in [0.5, 0.6) is 0 Å². The van der Waals surface area contributed by atoms with Crippen molar-refractivity contribution in [1.29, 1.82) is 0 Å². The zero-order valence-electron chi connectivity index (χ0n) is 17.3. The minimum atomic E-state index is -3.45. The number of nitrogens with one attached hydrogen (secondary N) is 1. The van der Waals surface area contributed by atoms with Gasteiger partial charge in [0.15, 0.2) is 0 Å². The standard InChI is InChI=1S/C21H32N2O4S2/c1-3-23(4-2)29(26,27)19-6-5-17(28-19)13-22-18(24)12-20-8-15-7-16(9-20)11-21(25,10-15)14-20/h5-6,15-16,25H,3-4,7-14H2,1-2H3,(H,22,24). The maximum Gasteiger partial charge on any atom is 0.252 e. The van der Waals surface area contributed by atoms with Gasteiger partial charge in [0.25, 0.3) is 10.0 Å². The van der Waals surface area contributed by atoms with Crippen molar-refractivity contribution < 1.29 is 18.3 Å². The van der Waals surface area contributed by atoms with Crippen molar-refractivity contribution in [3.05, 3.63) is 17.0 Å². The summed E-state index contributed by atoms with van der Waals surface area (Å²) in [6.45, 7) is 4.90. The highest BCUT2D eigenvalue weighted by Gasteiger charge is 2.57. The third-order valence-electron chi connectivity index (χ3n) is 7.08. The SMILES string of the molecule is CCN(CC)S(=O)(=O)c1ccc(CNC(=O)CC23CC4CC(CC(O)(C4)C2)C3)s1. The molecule has 0 aliphatic heterocycles. The molecule has 29 heavy (non-hydrogen) atoms. The Labute approximate surface area is 177 Å². The molecule has 6 nitrogen and oxygen atoms in total. The second kappa shape index (κ2) is 7.62. The van der Waals surface area contributed by atoms with Crippen LogP contribution in [0.1, 0.15) is 63.7 Å². The van der Waals surface area contributed by atoms with Gasteiger partial charge in [0, 0.05) is 24.4 Å². The monoisotopic (exact) mass is 440 g/mol. The summed E-state index contributed by atoms with van der Waals surface area (Å²) >= 11 is 1.23. The van der Waals surface area contributed by atoms with E-state index in [1.165, 1.54) is 22.1 Å². The summed E-state index contributed by atoms with van der Waals surface area (Å²) < 4.78 is 27.0. The Balaban J connectivity index is 1.36. The van der Waals surface area contributed by atoms with Crippen LogP contribution in [0, 0.1) is 17.3 Å². The van der Waals surface area contributed by atoms with Crippen LogP contribution in [0.2, 0.25) is 0 Å². The Hall–Kier alpha value is -0.960. The molecule has 0 spiro atoms. The Bertz CT molecular complexity index is 861. The molecule has 2 atom stereocenters. The van der Waals surface area contributed by atoms with Gasteiger partial charge in [-0.2, -0.15) is 4.31 Å². The lowest BCUT2D eigenvalue weighted by Gasteiger charge is -2.60. The Kier molecular flexibility index (Phi) is 5.59. The molecule has 4 bridgehead atoms. The maximum absolute atomic E-state index is 12.7. The minimum Gasteiger partial charge on any atom is -0.390 e. The lowest BCUT2D eigenvalue weighted by Crippen LogP contribution is -2.56. The minimum absolute atomic E-state index is 0.0112. The smallest absolute Gasteiger partial charge is 0.252 e. The summed E-state index contributed by atoms with van der Waals surface area (Å²) in [7, 11) is -3.45. The number of aliphatic hydroxyl groups is 1. The van der Waals surface area contributed by atoms with E-state index >= 15 is 0 Å². The zero-order valence-corrected chi connectivity index (χ0v) is 18.9. The first kappa shape index (κ1) is 21.3. The van der Waals surface area contributed by atoms with Gasteiger partial charge in [-0.1, -0.05) is 13.8 Å². The van der Waals surface area contributed by atoms with Crippen molar-refractivity contribution in [2.24, 2.45) is 17.3 Å². The van der Waals surface area contributed by atoms with E-state index in [9.17, 15) is 18.3 Å². The number of amides is 1. The van der Waals surface area contributed by atoms with Gasteiger partial charge in [0.1, 0.15) is 4.21 Å². The summed E-state index contributed by atoms with van der Waals surface area (Å²) in [6.07, 6.45) is 6.38. The second-order valence-electron chi connectivity index (χ2n) is 9.45. The van der Waals surface area contributed by atoms with Crippen LogP contribution in [-0.4, -0.2) is 42.4 Å². The molecule has 0 radical (unpaired) electrons. The van der Waals surface area contributed by atoms with E-state index in [0.717, 1.165) is 37.0 Å². The number of hydrogen-bond acceptors (Lipinski definition) is 5. The van der Waals surface area contributed by atoms with Gasteiger partial charge in [0.05, 0.1) is 12.1 Å². The van der Waals surface area contributed by atoms with Crippen LogP contribution < -0.4 is 5.32 Å². The fourth-order valence-electron chi connectivity index (χ4n) is 6.48. The molecular formula is C21H32N2O4S2. The second-order valence-corrected chi connectivity index (χ2v) is 12.8. The lowest BCUT2D eigenvalue weighted by molar-refractivity contribution is -0.169. The molecule has 0 saturated heterocycles. The first-order valence-corrected chi connectivity index (χ1v) is 13.0. The molecule has 2 unspecified atom stereocenters. The third-order valence-corrected chi connectivity index (χ3v) is 10.7. The lowest BCUT2D eigenvalue weighted by atomic mass is 9.47. The highest BCUT2D eigenvalue weighted by molar-refractivity contribution is 7.91. The van der Waals surface area contributed by atoms with E-state index in [2.05, 4.69) is 5.32 Å². The molecule has 1 heterocycles. The predicted octanol–water partition coefficient (Wildman–Crippen LogP) is 3.12. The van der Waals surface area contributed by atoms with E-state index in [0.29, 0.717) is 42.1 Å². The van der Waals surface area contributed by atoms with Crippen LogP contribution in [-0.2, 0) is 21.4 Å². The van der Waals surface area contributed by atoms with Crippen molar-refractivity contribution in [3.63, 3.8) is 0 Å². The number of carbonyl (C=O) groups is 1. The van der Waals surface area contributed by atoms with Crippen molar-refractivity contribution in [2.45, 2.75) is 75.1 Å². The topological polar surface area (TPSA) is 86.7 Å². The molecule has 4 saturated carbocycles. The average Bonchev–Trinajstić information content (AvgIpc) is 3.08. The van der Waals surface area contributed by atoms with Gasteiger partial charge in [-0.15, -0.1) is 11.3 Å². The third kappa shape index (κ3) is 4.13. The summed E-state index contributed by atoms with van der Waals surface area (Å²) in [5.74, 6) is 1.15. The van der Waals surface area contributed by atoms with E-state index in [1.807, 2.05) is 13.8 Å². The van der Waals surface area contributed by atoms with Crippen LogP contribution >= 0.6 is 11.3 Å². The Morgan fingerprint density at radius 2 is 1.86 bits per heavy atom. The summed E-state index contributed by atoms with van der Waals surface area (Å²) in [5, 5.41) is 13.9. The Morgan fingerprint density at radius 3 is 2.45 bits per heavy atom. The van der Waals surface area contributed by atoms with Crippen LogP contribution in [0.25, 0.3) is 0 Å². The predicted molar refractivity (Wildman–Crippen MR) is 113 cm³/mol. The number of sulfonamides is 1. The Morgan fingerprint density at radius 1 is 1.21 bits per heavy atom. The van der Waals surface area contributed by atoms with Gasteiger partial charge in [0.2, 0.25) is 5.91 Å². The highest BCUT2D eigenvalue weighted by Crippen LogP contribution is 2.62. The number of rotatable bonds is 8. The molecule has 4 fully saturated rings. The molecule has 4 aliphatic rings. The van der Waals surface area contributed by atoms with E-state index in [1.54, 1.807) is 12.1 Å². The van der Waals surface area contributed by atoms with Gasteiger partial charge >= 0.3 is 0 Å². The first-order chi connectivity index (χ1) is 13.7. The fraction of sp³-hybridized carbons (Fsp3) is 0.762. The van der Waals surface area contributed by atoms with E-state index in [4.69, 9.17) is 0 Å². The molecule has 1 aromatic heterocycles. The highest BCUT2D eigenvalue weighted by atomic mass is 32.2. The molecule has 162 valence electrons. The zero-order chi connectivity index (χ0) is 20.9. The van der Waals surface area contributed by atoms with Gasteiger partial charge in [-0.25, -0.2) is 8.42 Å². The van der Waals surface area contributed by atoms with E-state index in [-0.39, 0.29) is 11.3 Å². The molecule has 0 aromatic carbocycles. The van der Waals surface area contributed by atoms with Crippen LogP contribution in [0.4, 0.5) is 0 Å². The van der Waals surface area contributed by atoms with Crippen molar-refractivity contribution in [3.8, 4) is 0 Å². The summed E-state index contributed by atoms with van der Waals surface area (Å²) in [4.78, 5) is 13.5. The summed E-state index contributed by atoms with van der Waals surface area (Å²) in [6, 6.07) is 3.42. The largest absolute Gasteiger partial charge is 0.390 e. The van der Waals surface area contributed by atoms with Gasteiger partial charge in [-0.05, 0) is 67.9 Å². The molecular weight excluding hydrogens is 408 g/mol. The number of hydrogen-bond donors (Lipinski definition) is 2. The van der Waals surface area contributed by atoms with Crippen molar-refractivity contribution in [1.82, 2.24) is 9.62 Å². The molecule has 4 aliphatic carbocycles. The first-order valence-electron chi connectivity index (χ1n) is 10.7. The van der Waals surface area contributed by atoms with Crippen molar-refractivity contribution in [2.75, 3.05) is 13.1 Å². The van der Waals surface area contributed by atoms with Crippen LogP contribution in [0.3, 0.4) is 0 Å². The molecule has 5 rings (SSSR count). The van der Waals surface area contributed by atoms with E-state index < -0.39 is 15.6 Å². The fourth-order valence-corrected chi connectivity index (χ4v) is 9.39. The summed E-state index contributed by atoms with van der Waals surface area (Å²) in [5.41, 5.74) is -0.596. The molecule has 1 aromatic rings. The van der Waals surface area contributed by atoms with Crippen molar-refractivity contribution >= 4 is 27.3 Å². The number of nitrogens with zero attached hydrogens (tertiary/aromatic N) is 1. The number of thiophene rings is 1. The maximum atomic E-state index is 12.7. The quantitative estimate of drug-likeness (QED) is 0.650. The number of carbonyl (C=O) groups excluding carboxylic acids is 1.